The minimum Gasteiger partial charge on any atom is -0.494 e. The molecule has 0 unspecified atom stereocenters. The van der Waals surface area contributed by atoms with E-state index in [2.05, 4.69) is 19.2 Å². The van der Waals surface area contributed by atoms with Gasteiger partial charge in [-0.2, -0.15) is 0 Å². The van der Waals surface area contributed by atoms with E-state index < -0.39 is 54.0 Å². The Balaban J connectivity index is 3.02. The molecule has 0 saturated carbocycles. The van der Waals surface area contributed by atoms with Gasteiger partial charge in [0.05, 0.1) is 19.6 Å². The van der Waals surface area contributed by atoms with E-state index in [4.69, 9.17) is 14.2 Å². The smallest absolute Gasteiger partial charge is 0.339 e. The van der Waals surface area contributed by atoms with Gasteiger partial charge in [-0.3, -0.25) is 9.59 Å². The number of unbranched alkanes of at least 4 members (excludes halogenated alkanes) is 9. The number of benzene rings is 1. The fourth-order valence-electron chi connectivity index (χ4n) is 5.49. The Bertz CT molecular complexity index is 1160. The minimum atomic E-state index is -2.41. The molecule has 1 aromatic rings. The molecule has 1 aromatic carbocycles. The van der Waals surface area contributed by atoms with Crippen molar-refractivity contribution in [1.82, 2.24) is 5.32 Å². The number of nitrogens with one attached hydrogen (secondary N) is 1. The molecule has 0 aliphatic rings. The second-order valence-electron chi connectivity index (χ2n) is 14.1. The number of Topliss-reactive ketones (excluding diaryl/α,β-unsaturated/α-hetero) is 1. The van der Waals surface area contributed by atoms with Gasteiger partial charge < -0.3 is 29.7 Å². The first-order chi connectivity index (χ1) is 23.8. The standard InChI is InChI=1S/C40H65NO9/c1-7-9-11-14-17-20-32(43)21-18-15-12-13-16-19-22-34(40(47,27-28-42)38(46)50-39(3,4)5)36(44)41-35(37(45)48-6)30-31-23-25-33(26-24-31)49-29-10-8-2/h19,22-26,34-35,42,47H,7-18,20-21,27-30H2,1-6H3,(H,41,44)/b22-19+/t34-,35+,40+/m1/s1. The summed E-state index contributed by atoms with van der Waals surface area (Å²) in [6.45, 7) is 9.19. The fraction of sp³-hybridized carbons (Fsp3) is 0.700. The molecule has 0 aliphatic heterocycles. The first-order valence-electron chi connectivity index (χ1n) is 18.7. The third-order valence-corrected chi connectivity index (χ3v) is 8.44. The predicted octanol–water partition coefficient (Wildman–Crippen LogP) is 6.96. The number of carbonyl (C=O) groups excluding carboxylic acids is 4. The Morgan fingerprint density at radius 1 is 0.860 bits per heavy atom. The van der Waals surface area contributed by atoms with Gasteiger partial charge in [-0.15, -0.1) is 0 Å². The van der Waals surface area contributed by atoms with Crippen molar-refractivity contribution in [3.05, 3.63) is 42.0 Å². The molecule has 0 aliphatic carbocycles. The van der Waals surface area contributed by atoms with E-state index in [0.717, 1.165) is 56.9 Å². The highest BCUT2D eigenvalue weighted by Crippen LogP contribution is 2.29. The van der Waals surface area contributed by atoms with E-state index in [-0.39, 0.29) is 6.42 Å². The lowest BCUT2D eigenvalue weighted by Crippen LogP contribution is -2.56. The molecule has 0 radical (unpaired) electrons. The number of aliphatic hydroxyl groups excluding tert-OH is 1. The van der Waals surface area contributed by atoms with Gasteiger partial charge in [0.2, 0.25) is 5.91 Å². The van der Waals surface area contributed by atoms with Crippen molar-refractivity contribution in [3.8, 4) is 5.75 Å². The minimum absolute atomic E-state index is 0.0936. The van der Waals surface area contributed by atoms with Gasteiger partial charge >= 0.3 is 11.9 Å². The van der Waals surface area contributed by atoms with E-state index in [1.54, 1.807) is 51.1 Å². The molecular formula is C40H65NO9. The third-order valence-electron chi connectivity index (χ3n) is 8.44. The highest BCUT2D eigenvalue weighted by molar-refractivity contribution is 5.93. The van der Waals surface area contributed by atoms with Crippen LogP contribution in [-0.2, 0) is 35.1 Å². The third kappa shape index (κ3) is 18.1. The molecule has 0 fully saturated rings. The van der Waals surface area contributed by atoms with Crippen LogP contribution in [0.25, 0.3) is 0 Å². The van der Waals surface area contributed by atoms with Crippen LogP contribution in [0.15, 0.2) is 36.4 Å². The Hall–Kier alpha value is -3.24. The van der Waals surface area contributed by atoms with Gasteiger partial charge in [0.25, 0.3) is 0 Å². The first-order valence-corrected chi connectivity index (χ1v) is 18.7. The summed E-state index contributed by atoms with van der Waals surface area (Å²) in [5.41, 5.74) is -2.64. The number of allylic oxidation sites excluding steroid dienone is 1. The average molecular weight is 704 g/mol. The van der Waals surface area contributed by atoms with Crippen molar-refractivity contribution in [2.45, 2.75) is 155 Å². The summed E-state index contributed by atoms with van der Waals surface area (Å²) >= 11 is 0. The quantitative estimate of drug-likeness (QED) is 0.0502. The number of rotatable bonds is 27. The van der Waals surface area contributed by atoms with Crippen LogP contribution in [0.3, 0.4) is 0 Å². The lowest BCUT2D eigenvalue weighted by atomic mass is 9.82. The molecule has 1 amide bonds. The van der Waals surface area contributed by atoms with Crippen molar-refractivity contribution in [3.63, 3.8) is 0 Å². The second-order valence-corrected chi connectivity index (χ2v) is 14.1. The average Bonchev–Trinajstić information content (AvgIpc) is 3.06. The fourth-order valence-corrected chi connectivity index (χ4v) is 5.49. The molecule has 50 heavy (non-hydrogen) atoms. The van der Waals surface area contributed by atoms with Crippen LogP contribution in [0.1, 0.15) is 136 Å². The van der Waals surface area contributed by atoms with Crippen molar-refractivity contribution in [2.75, 3.05) is 20.3 Å². The number of methoxy groups -OCH3 is 1. The molecule has 10 heteroatoms. The zero-order chi connectivity index (χ0) is 37.4. The van der Waals surface area contributed by atoms with Crippen LogP contribution in [0, 0.1) is 5.92 Å². The van der Waals surface area contributed by atoms with Gasteiger partial charge in [-0.25, -0.2) is 9.59 Å². The summed E-state index contributed by atoms with van der Waals surface area (Å²) in [5, 5.41) is 24.2. The Labute approximate surface area is 300 Å². The van der Waals surface area contributed by atoms with Gasteiger partial charge in [-0.1, -0.05) is 83.1 Å². The van der Waals surface area contributed by atoms with Crippen LogP contribution in [0.5, 0.6) is 5.75 Å². The second kappa shape index (κ2) is 24.8. The van der Waals surface area contributed by atoms with Crippen LogP contribution in [-0.4, -0.2) is 71.4 Å². The normalized spacial score (nSPS) is 14.1. The number of amides is 1. The highest BCUT2D eigenvalue weighted by Gasteiger charge is 2.49. The van der Waals surface area contributed by atoms with E-state index in [9.17, 15) is 29.4 Å². The van der Waals surface area contributed by atoms with Crippen molar-refractivity contribution < 1.29 is 43.6 Å². The summed E-state index contributed by atoms with van der Waals surface area (Å²) < 4.78 is 16.2. The van der Waals surface area contributed by atoms with E-state index >= 15 is 0 Å². The van der Waals surface area contributed by atoms with E-state index in [0.29, 0.717) is 37.4 Å². The molecule has 0 aromatic heterocycles. The highest BCUT2D eigenvalue weighted by atomic mass is 16.6. The topological polar surface area (TPSA) is 148 Å². The number of carbonyl (C=O) groups is 4. The molecule has 10 nitrogen and oxygen atoms in total. The molecule has 3 N–H and O–H groups in total. The summed E-state index contributed by atoms with van der Waals surface area (Å²) in [6, 6.07) is 6.07. The number of esters is 2. The van der Waals surface area contributed by atoms with Crippen LogP contribution in [0.2, 0.25) is 0 Å². The maximum Gasteiger partial charge on any atom is 0.339 e. The molecule has 0 spiro atoms. The van der Waals surface area contributed by atoms with Gasteiger partial charge in [0.1, 0.15) is 23.2 Å². The molecule has 0 bridgehead atoms. The summed E-state index contributed by atoms with van der Waals surface area (Å²) in [7, 11) is 1.22. The largest absolute Gasteiger partial charge is 0.494 e. The summed E-state index contributed by atoms with van der Waals surface area (Å²) in [5.74, 6) is -2.99. The van der Waals surface area contributed by atoms with Gasteiger partial charge in [0.15, 0.2) is 5.60 Å². The molecule has 0 heterocycles. The van der Waals surface area contributed by atoms with E-state index in [1.807, 2.05) is 0 Å². The van der Waals surface area contributed by atoms with Gasteiger partial charge in [-0.05, 0) is 70.6 Å². The zero-order valence-electron chi connectivity index (χ0n) is 31.6. The number of hydrogen-bond acceptors (Lipinski definition) is 9. The zero-order valence-corrected chi connectivity index (χ0v) is 31.6. The molecule has 3 atom stereocenters. The number of ether oxygens (including phenoxy) is 3. The van der Waals surface area contributed by atoms with Crippen LogP contribution in [0.4, 0.5) is 0 Å². The summed E-state index contributed by atoms with van der Waals surface area (Å²) in [6.07, 6.45) is 15.6. The Morgan fingerprint density at radius 3 is 2.02 bits per heavy atom. The number of aliphatic hydroxyl groups is 2. The van der Waals surface area contributed by atoms with E-state index in [1.165, 1.54) is 32.4 Å². The molecule has 284 valence electrons. The monoisotopic (exact) mass is 703 g/mol. The first kappa shape index (κ1) is 44.8. The lowest BCUT2D eigenvalue weighted by molar-refractivity contribution is -0.185. The maximum absolute atomic E-state index is 13.9. The Kier molecular flexibility index (Phi) is 22.2. The van der Waals surface area contributed by atoms with Crippen molar-refractivity contribution >= 4 is 23.6 Å². The lowest BCUT2D eigenvalue weighted by Gasteiger charge is -2.34. The maximum atomic E-state index is 13.9. The molecule has 0 saturated heterocycles. The Morgan fingerprint density at radius 2 is 1.46 bits per heavy atom. The molecular weight excluding hydrogens is 638 g/mol. The summed E-state index contributed by atoms with van der Waals surface area (Å²) in [4.78, 5) is 52.2. The number of ketones is 1. The van der Waals surface area contributed by atoms with Crippen LogP contribution >= 0.6 is 0 Å². The molecule has 1 rings (SSSR count). The SMILES string of the molecule is CCCCCCCC(=O)CCCCCC/C=C/[C@H](C(=O)N[C@@H](Cc1ccc(OCCCC)cc1)C(=O)OC)[C@@](O)(CCO)C(=O)OC(C)(C)C. The number of hydrogen-bond donors (Lipinski definition) is 3. The van der Waals surface area contributed by atoms with Crippen LogP contribution < -0.4 is 10.1 Å². The van der Waals surface area contributed by atoms with Gasteiger partial charge in [0, 0.05) is 32.3 Å². The van der Waals surface area contributed by atoms with Crippen molar-refractivity contribution in [1.29, 1.82) is 0 Å². The van der Waals surface area contributed by atoms with Crippen molar-refractivity contribution in [2.24, 2.45) is 5.92 Å². The predicted molar refractivity (Wildman–Crippen MR) is 196 cm³/mol.